The maximum atomic E-state index is 3.70. The Labute approximate surface area is 112 Å². The van der Waals surface area contributed by atoms with Crippen molar-refractivity contribution in [1.82, 2.24) is 5.32 Å². The Kier molecular flexibility index (Phi) is 3.62. The van der Waals surface area contributed by atoms with E-state index in [1.807, 2.05) is 0 Å². The van der Waals surface area contributed by atoms with Crippen LogP contribution >= 0.6 is 11.3 Å². The van der Waals surface area contributed by atoms with E-state index < -0.39 is 0 Å². The highest BCUT2D eigenvalue weighted by Crippen LogP contribution is 2.32. The Morgan fingerprint density at radius 3 is 2.67 bits per heavy atom. The third-order valence-electron chi connectivity index (χ3n) is 3.41. The summed E-state index contributed by atoms with van der Waals surface area (Å²) in [5, 5.41) is 9.24. The molecule has 0 unspecified atom stereocenters. The van der Waals surface area contributed by atoms with Gasteiger partial charge in [0.05, 0.1) is 0 Å². The SMILES string of the molecule is c1csc(-c2ccccc2NC2CCNCC2)c1. The first kappa shape index (κ1) is 11.8. The third-order valence-corrected chi connectivity index (χ3v) is 4.32. The number of piperidine rings is 1. The Morgan fingerprint density at radius 1 is 1.06 bits per heavy atom. The Hall–Kier alpha value is -1.32. The summed E-state index contributed by atoms with van der Waals surface area (Å²) in [6.07, 6.45) is 2.41. The molecule has 2 nitrogen and oxygen atoms in total. The predicted octanol–water partition coefficient (Wildman–Crippen LogP) is 3.58. The van der Waals surface area contributed by atoms with E-state index in [2.05, 4.69) is 52.4 Å². The fraction of sp³-hybridized carbons (Fsp3) is 0.333. The molecule has 1 saturated heterocycles. The van der Waals surface area contributed by atoms with Crippen LogP contribution in [0, 0.1) is 0 Å². The van der Waals surface area contributed by atoms with E-state index in [1.54, 1.807) is 11.3 Å². The molecule has 0 spiro atoms. The first-order valence-electron chi connectivity index (χ1n) is 6.53. The van der Waals surface area contributed by atoms with Gasteiger partial charge >= 0.3 is 0 Å². The maximum Gasteiger partial charge on any atom is 0.0430 e. The monoisotopic (exact) mass is 258 g/mol. The zero-order valence-electron chi connectivity index (χ0n) is 10.4. The van der Waals surface area contributed by atoms with Gasteiger partial charge in [-0.3, -0.25) is 0 Å². The van der Waals surface area contributed by atoms with E-state index in [9.17, 15) is 0 Å². The van der Waals surface area contributed by atoms with E-state index >= 15 is 0 Å². The molecule has 0 amide bonds. The minimum absolute atomic E-state index is 0.604. The van der Waals surface area contributed by atoms with Gasteiger partial charge in [0.2, 0.25) is 0 Å². The molecule has 18 heavy (non-hydrogen) atoms. The molecular formula is C15H18N2S. The fourth-order valence-electron chi connectivity index (χ4n) is 2.44. The maximum absolute atomic E-state index is 3.70. The van der Waals surface area contributed by atoms with Gasteiger partial charge in [0.15, 0.2) is 0 Å². The first-order chi connectivity index (χ1) is 8.93. The molecule has 2 aromatic rings. The molecule has 1 fully saturated rings. The highest BCUT2D eigenvalue weighted by molar-refractivity contribution is 7.13. The lowest BCUT2D eigenvalue weighted by Gasteiger charge is -2.25. The second kappa shape index (κ2) is 5.55. The number of anilines is 1. The summed E-state index contributed by atoms with van der Waals surface area (Å²) in [6.45, 7) is 2.25. The topological polar surface area (TPSA) is 24.1 Å². The summed E-state index contributed by atoms with van der Waals surface area (Å²) in [5.74, 6) is 0. The van der Waals surface area contributed by atoms with Crippen molar-refractivity contribution in [2.45, 2.75) is 18.9 Å². The van der Waals surface area contributed by atoms with Crippen LogP contribution in [-0.4, -0.2) is 19.1 Å². The molecule has 0 aliphatic carbocycles. The van der Waals surface area contributed by atoms with Crippen molar-refractivity contribution >= 4 is 17.0 Å². The normalized spacial score (nSPS) is 16.7. The lowest BCUT2D eigenvalue weighted by atomic mass is 10.0. The minimum Gasteiger partial charge on any atom is -0.382 e. The van der Waals surface area contributed by atoms with Gasteiger partial charge in [-0.05, 0) is 43.4 Å². The molecule has 0 bridgehead atoms. The summed E-state index contributed by atoms with van der Waals surface area (Å²) in [5.41, 5.74) is 2.60. The van der Waals surface area contributed by atoms with Crippen LogP contribution in [0.15, 0.2) is 41.8 Å². The van der Waals surface area contributed by atoms with E-state index in [0.717, 1.165) is 13.1 Å². The van der Waals surface area contributed by atoms with Gasteiger partial charge in [0.1, 0.15) is 0 Å². The molecule has 3 heteroatoms. The summed E-state index contributed by atoms with van der Waals surface area (Å²) in [4.78, 5) is 1.34. The Bertz CT molecular complexity index is 487. The summed E-state index contributed by atoms with van der Waals surface area (Å²) >= 11 is 1.80. The highest BCUT2D eigenvalue weighted by atomic mass is 32.1. The van der Waals surface area contributed by atoms with E-state index in [-0.39, 0.29) is 0 Å². The fourth-order valence-corrected chi connectivity index (χ4v) is 3.21. The van der Waals surface area contributed by atoms with Crippen molar-refractivity contribution in [1.29, 1.82) is 0 Å². The van der Waals surface area contributed by atoms with Crippen molar-refractivity contribution in [2.24, 2.45) is 0 Å². The first-order valence-corrected chi connectivity index (χ1v) is 7.41. The van der Waals surface area contributed by atoms with Gasteiger partial charge in [-0.15, -0.1) is 11.3 Å². The molecule has 0 radical (unpaired) electrons. The lowest BCUT2D eigenvalue weighted by Crippen LogP contribution is -2.35. The number of hydrogen-bond donors (Lipinski definition) is 2. The van der Waals surface area contributed by atoms with Crippen molar-refractivity contribution in [2.75, 3.05) is 18.4 Å². The van der Waals surface area contributed by atoms with Crippen molar-refractivity contribution in [3.63, 3.8) is 0 Å². The number of hydrogen-bond acceptors (Lipinski definition) is 3. The average molecular weight is 258 g/mol. The predicted molar refractivity (Wildman–Crippen MR) is 79.3 cm³/mol. The van der Waals surface area contributed by atoms with E-state index in [0.29, 0.717) is 6.04 Å². The van der Waals surface area contributed by atoms with Crippen molar-refractivity contribution in [3.8, 4) is 10.4 Å². The van der Waals surface area contributed by atoms with Crippen molar-refractivity contribution < 1.29 is 0 Å². The number of rotatable bonds is 3. The smallest absolute Gasteiger partial charge is 0.0430 e. The van der Waals surface area contributed by atoms with Crippen LogP contribution < -0.4 is 10.6 Å². The molecule has 1 aromatic carbocycles. The largest absolute Gasteiger partial charge is 0.382 e. The standard InChI is InChI=1S/C15H18N2S/c1-2-5-14(17-12-7-9-16-10-8-12)13(4-1)15-6-3-11-18-15/h1-6,11-12,16-17H,7-10H2. The summed E-state index contributed by atoms with van der Waals surface area (Å²) in [7, 11) is 0. The highest BCUT2D eigenvalue weighted by Gasteiger charge is 2.14. The molecular weight excluding hydrogens is 240 g/mol. The number of thiophene rings is 1. The molecule has 2 heterocycles. The van der Waals surface area contributed by atoms with Crippen LogP contribution in [0.4, 0.5) is 5.69 Å². The molecule has 0 saturated carbocycles. The summed E-state index contributed by atoms with van der Waals surface area (Å²) in [6, 6.07) is 13.5. The number of benzene rings is 1. The van der Waals surface area contributed by atoms with E-state index in [1.165, 1.54) is 29.0 Å². The average Bonchev–Trinajstić information content (AvgIpc) is 2.94. The van der Waals surface area contributed by atoms with Crippen molar-refractivity contribution in [3.05, 3.63) is 41.8 Å². The molecule has 94 valence electrons. The number of nitrogens with one attached hydrogen (secondary N) is 2. The van der Waals surface area contributed by atoms with Gasteiger partial charge in [-0.25, -0.2) is 0 Å². The zero-order valence-corrected chi connectivity index (χ0v) is 11.2. The zero-order chi connectivity index (χ0) is 12.2. The van der Waals surface area contributed by atoms with Gasteiger partial charge < -0.3 is 10.6 Å². The van der Waals surface area contributed by atoms with Crippen LogP contribution in [0.3, 0.4) is 0 Å². The van der Waals surface area contributed by atoms with Gasteiger partial charge in [0, 0.05) is 22.2 Å². The molecule has 1 aliphatic heterocycles. The minimum atomic E-state index is 0.604. The quantitative estimate of drug-likeness (QED) is 0.879. The van der Waals surface area contributed by atoms with Crippen LogP contribution in [0.5, 0.6) is 0 Å². The number of para-hydroxylation sites is 1. The van der Waals surface area contributed by atoms with Crippen LogP contribution in [-0.2, 0) is 0 Å². The van der Waals surface area contributed by atoms with Gasteiger partial charge in [-0.1, -0.05) is 24.3 Å². The third kappa shape index (κ3) is 2.57. The molecule has 1 aromatic heterocycles. The summed E-state index contributed by atoms with van der Waals surface area (Å²) < 4.78 is 0. The van der Waals surface area contributed by atoms with Crippen LogP contribution in [0.1, 0.15) is 12.8 Å². The van der Waals surface area contributed by atoms with Crippen LogP contribution in [0.25, 0.3) is 10.4 Å². The Balaban J connectivity index is 1.83. The Morgan fingerprint density at radius 2 is 1.89 bits per heavy atom. The lowest BCUT2D eigenvalue weighted by molar-refractivity contribution is 0.479. The molecule has 1 aliphatic rings. The second-order valence-corrected chi connectivity index (χ2v) is 5.64. The molecule has 3 rings (SSSR count). The van der Waals surface area contributed by atoms with Gasteiger partial charge in [-0.2, -0.15) is 0 Å². The molecule has 0 atom stereocenters. The second-order valence-electron chi connectivity index (χ2n) is 4.69. The van der Waals surface area contributed by atoms with E-state index in [4.69, 9.17) is 0 Å². The van der Waals surface area contributed by atoms with Crippen LogP contribution in [0.2, 0.25) is 0 Å². The van der Waals surface area contributed by atoms with Gasteiger partial charge in [0.25, 0.3) is 0 Å². The molecule has 2 N–H and O–H groups in total.